The van der Waals surface area contributed by atoms with Gasteiger partial charge in [0.2, 0.25) is 0 Å². The first-order valence-electron chi connectivity index (χ1n) is 7.58. The molecule has 0 aliphatic heterocycles. The van der Waals surface area contributed by atoms with Crippen molar-refractivity contribution in [2.75, 3.05) is 5.32 Å². The van der Waals surface area contributed by atoms with Gasteiger partial charge in [-0.1, -0.05) is 12.1 Å². The number of rotatable bonds is 5. The van der Waals surface area contributed by atoms with Crippen molar-refractivity contribution in [1.82, 2.24) is 14.9 Å². The highest BCUT2D eigenvalue weighted by atomic mass is 16.6. The van der Waals surface area contributed by atoms with E-state index in [1.165, 1.54) is 0 Å². The standard InChI is InChI=1S/C17H24N4O2/c1-17(2,3)23-16(22)20-9-13-6-5-7-14(8-13)19-11-15-10-18-12-21(15)4/h5-8,10,12,19H,9,11H2,1-4H3,(H,20,22). The van der Waals surface area contributed by atoms with E-state index in [9.17, 15) is 4.79 Å². The molecular weight excluding hydrogens is 292 g/mol. The molecule has 0 spiro atoms. The van der Waals surface area contributed by atoms with Gasteiger partial charge in [-0.15, -0.1) is 0 Å². The molecule has 1 heterocycles. The van der Waals surface area contributed by atoms with Crippen molar-refractivity contribution in [2.24, 2.45) is 7.05 Å². The van der Waals surface area contributed by atoms with Gasteiger partial charge in [0.25, 0.3) is 0 Å². The summed E-state index contributed by atoms with van der Waals surface area (Å²) in [6.45, 7) is 6.65. The molecule has 0 aliphatic rings. The van der Waals surface area contributed by atoms with E-state index in [1.807, 2.05) is 62.8 Å². The predicted octanol–water partition coefficient (Wildman–Crippen LogP) is 3.06. The topological polar surface area (TPSA) is 68.2 Å². The van der Waals surface area contributed by atoms with Gasteiger partial charge in [-0.3, -0.25) is 0 Å². The van der Waals surface area contributed by atoms with E-state index >= 15 is 0 Å². The van der Waals surface area contributed by atoms with Crippen LogP contribution in [0.15, 0.2) is 36.8 Å². The van der Waals surface area contributed by atoms with Crippen molar-refractivity contribution >= 4 is 11.8 Å². The van der Waals surface area contributed by atoms with Gasteiger partial charge in [-0.25, -0.2) is 9.78 Å². The van der Waals surface area contributed by atoms with Crippen LogP contribution >= 0.6 is 0 Å². The molecule has 0 saturated carbocycles. The summed E-state index contributed by atoms with van der Waals surface area (Å²) in [5, 5.41) is 6.11. The molecule has 2 rings (SSSR count). The van der Waals surface area contributed by atoms with Crippen molar-refractivity contribution in [1.29, 1.82) is 0 Å². The highest BCUT2D eigenvalue weighted by molar-refractivity contribution is 5.67. The van der Waals surface area contributed by atoms with Gasteiger partial charge in [0.05, 0.1) is 18.6 Å². The summed E-state index contributed by atoms with van der Waals surface area (Å²) in [5.41, 5.74) is 2.61. The Bertz CT molecular complexity index is 659. The Morgan fingerprint density at radius 2 is 2.09 bits per heavy atom. The molecule has 0 unspecified atom stereocenters. The lowest BCUT2D eigenvalue weighted by molar-refractivity contribution is 0.0523. The second kappa shape index (κ2) is 7.17. The number of aryl methyl sites for hydroxylation is 1. The van der Waals surface area contributed by atoms with Gasteiger partial charge in [-0.2, -0.15) is 0 Å². The van der Waals surface area contributed by atoms with Crippen LogP contribution in [0, 0.1) is 0 Å². The van der Waals surface area contributed by atoms with E-state index in [2.05, 4.69) is 15.6 Å². The third kappa shape index (κ3) is 5.65. The maximum absolute atomic E-state index is 11.7. The largest absolute Gasteiger partial charge is 0.444 e. The van der Waals surface area contributed by atoms with E-state index in [4.69, 9.17) is 4.74 Å². The van der Waals surface area contributed by atoms with Gasteiger partial charge in [-0.05, 0) is 38.5 Å². The van der Waals surface area contributed by atoms with Crippen LogP contribution in [0.5, 0.6) is 0 Å². The lowest BCUT2D eigenvalue weighted by atomic mass is 10.2. The molecule has 2 aromatic rings. The smallest absolute Gasteiger partial charge is 0.407 e. The number of imidazole rings is 1. The third-order valence-corrected chi connectivity index (χ3v) is 3.15. The second-order valence-electron chi connectivity index (χ2n) is 6.41. The van der Waals surface area contributed by atoms with Gasteiger partial charge < -0.3 is 19.9 Å². The number of ether oxygens (including phenoxy) is 1. The van der Waals surface area contributed by atoms with Gasteiger partial charge in [0.1, 0.15) is 5.60 Å². The van der Waals surface area contributed by atoms with E-state index in [0.717, 1.165) is 16.9 Å². The molecule has 1 aromatic heterocycles. The number of hydrogen-bond donors (Lipinski definition) is 2. The highest BCUT2D eigenvalue weighted by Crippen LogP contribution is 2.12. The Morgan fingerprint density at radius 3 is 2.74 bits per heavy atom. The summed E-state index contributed by atoms with van der Waals surface area (Å²) >= 11 is 0. The Morgan fingerprint density at radius 1 is 1.30 bits per heavy atom. The summed E-state index contributed by atoms with van der Waals surface area (Å²) in [4.78, 5) is 15.8. The Hall–Kier alpha value is -2.50. The predicted molar refractivity (Wildman–Crippen MR) is 90.1 cm³/mol. The van der Waals surface area contributed by atoms with Crippen molar-refractivity contribution in [3.63, 3.8) is 0 Å². The van der Waals surface area contributed by atoms with Crippen LogP contribution in [0.4, 0.5) is 10.5 Å². The molecule has 0 fully saturated rings. The number of anilines is 1. The van der Waals surface area contributed by atoms with E-state index in [0.29, 0.717) is 13.1 Å². The van der Waals surface area contributed by atoms with Crippen LogP contribution < -0.4 is 10.6 Å². The summed E-state index contributed by atoms with van der Waals surface area (Å²) in [6, 6.07) is 7.92. The zero-order valence-corrected chi connectivity index (χ0v) is 14.1. The molecule has 2 N–H and O–H groups in total. The van der Waals surface area contributed by atoms with Gasteiger partial charge in [0, 0.05) is 25.5 Å². The number of amides is 1. The summed E-state index contributed by atoms with van der Waals surface area (Å²) < 4.78 is 7.20. The van der Waals surface area contributed by atoms with E-state index in [1.54, 1.807) is 6.33 Å². The molecule has 124 valence electrons. The van der Waals surface area contributed by atoms with Crippen molar-refractivity contribution < 1.29 is 9.53 Å². The van der Waals surface area contributed by atoms with Crippen molar-refractivity contribution in [3.8, 4) is 0 Å². The third-order valence-electron chi connectivity index (χ3n) is 3.15. The Kier molecular flexibility index (Phi) is 5.26. The molecule has 0 saturated heterocycles. The summed E-state index contributed by atoms with van der Waals surface area (Å²) in [7, 11) is 1.96. The van der Waals surface area contributed by atoms with Gasteiger partial charge >= 0.3 is 6.09 Å². The first kappa shape index (κ1) is 16.9. The number of aromatic nitrogens is 2. The maximum atomic E-state index is 11.7. The van der Waals surface area contributed by atoms with Crippen LogP contribution in [0.1, 0.15) is 32.0 Å². The number of carbonyl (C=O) groups is 1. The zero-order chi connectivity index (χ0) is 16.9. The first-order chi connectivity index (χ1) is 10.8. The average molecular weight is 316 g/mol. The van der Waals surface area contributed by atoms with Crippen LogP contribution in [-0.4, -0.2) is 21.2 Å². The minimum absolute atomic E-state index is 0.411. The molecule has 1 aromatic carbocycles. The Labute approximate surface area is 136 Å². The van der Waals surface area contributed by atoms with E-state index < -0.39 is 11.7 Å². The number of alkyl carbamates (subject to hydrolysis) is 1. The number of benzene rings is 1. The van der Waals surface area contributed by atoms with Crippen molar-refractivity contribution in [3.05, 3.63) is 48.0 Å². The second-order valence-corrected chi connectivity index (χ2v) is 6.41. The van der Waals surface area contributed by atoms with Crippen molar-refractivity contribution in [2.45, 2.75) is 39.5 Å². The van der Waals surface area contributed by atoms with Crippen LogP contribution in [0.2, 0.25) is 0 Å². The lowest BCUT2D eigenvalue weighted by Gasteiger charge is -2.19. The number of nitrogens with zero attached hydrogens (tertiary/aromatic N) is 2. The van der Waals surface area contributed by atoms with Crippen LogP contribution in [-0.2, 0) is 24.9 Å². The monoisotopic (exact) mass is 316 g/mol. The van der Waals surface area contributed by atoms with E-state index in [-0.39, 0.29) is 0 Å². The molecule has 1 amide bonds. The SMILES string of the molecule is Cn1cncc1CNc1cccc(CNC(=O)OC(C)(C)C)c1. The molecule has 6 nitrogen and oxygen atoms in total. The maximum Gasteiger partial charge on any atom is 0.407 e. The van der Waals surface area contributed by atoms with Crippen LogP contribution in [0.25, 0.3) is 0 Å². The number of nitrogens with one attached hydrogen (secondary N) is 2. The molecule has 6 heteroatoms. The quantitative estimate of drug-likeness (QED) is 0.889. The molecule has 23 heavy (non-hydrogen) atoms. The molecular formula is C17H24N4O2. The summed E-state index contributed by atoms with van der Waals surface area (Å²) in [5.74, 6) is 0. The molecule has 0 atom stereocenters. The minimum Gasteiger partial charge on any atom is -0.444 e. The minimum atomic E-state index is -0.489. The molecule has 0 aliphatic carbocycles. The molecule has 0 bridgehead atoms. The number of hydrogen-bond acceptors (Lipinski definition) is 4. The summed E-state index contributed by atoms with van der Waals surface area (Å²) in [6.07, 6.45) is 3.20. The first-order valence-corrected chi connectivity index (χ1v) is 7.58. The fraction of sp³-hybridized carbons (Fsp3) is 0.412. The fourth-order valence-corrected chi connectivity index (χ4v) is 2.03. The van der Waals surface area contributed by atoms with Gasteiger partial charge in [0.15, 0.2) is 0 Å². The average Bonchev–Trinajstić information content (AvgIpc) is 2.87. The Balaban J connectivity index is 1.87. The number of carbonyl (C=O) groups excluding carboxylic acids is 1. The lowest BCUT2D eigenvalue weighted by Crippen LogP contribution is -2.32. The molecule has 0 radical (unpaired) electrons. The highest BCUT2D eigenvalue weighted by Gasteiger charge is 2.15. The fourth-order valence-electron chi connectivity index (χ4n) is 2.03. The zero-order valence-electron chi connectivity index (χ0n) is 14.1. The normalized spacial score (nSPS) is 11.1. The van der Waals surface area contributed by atoms with Crippen LogP contribution in [0.3, 0.4) is 0 Å².